The number of rotatable bonds is 8. The Kier molecular flexibility index (Phi) is 6.90. The van der Waals surface area contributed by atoms with Crippen LogP contribution in [0.5, 0.6) is 0 Å². The van der Waals surface area contributed by atoms with Crippen molar-refractivity contribution in [3.63, 3.8) is 0 Å². The highest BCUT2D eigenvalue weighted by molar-refractivity contribution is 6.10. The van der Waals surface area contributed by atoms with E-state index in [0.29, 0.717) is 16.8 Å². The van der Waals surface area contributed by atoms with Crippen LogP contribution >= 0.6 is 0 Å². The van der Waals surface area contributed by atoms with Gasteiger partial charge in [-0.2, -0.15) is 0 Å². The van der Waals surface area contributed by atoms with Crippen molar-refractivity contribution in [2.24, 2.45) is 0 Å². The molecule has 0 aliphatic heterocycles. The molecule has 2 N–H and O–H groups in total. The minimum atomic E-state index is -0.257. The van der Waals surface area contributed by atoms with Gasteiger partial charge in [0.05, 0.1) is 0 Å². The fourth-order valence-corrected chi connectivity index (χ4v) is 3.57. The van der Waals surface area contributed by atoms with E-state index in [9.17, 15) is 9.59 Å². The van der Waals surface area contributed by atoms with Gasteiger partial charge in [-0.15, -0.1) is 0 Å². The average Bonchev–Trinajstić information content (AvgIpc) is 2.86. The largest absolute Gasteiger partial charge is 0.385 e. The number of Topliss-reactive ketones (excluding diaryl/α,β-unsaturated/α-hetero) is 1. The molecule has 0 spiro atoms. The molecule has 1 heterocycles. The third kappa shape index (κ3) is 5.71. The van der Waals surface area contributed by atoms with Gasteiger partial charge in [0.15, 0.2) is 5.78 Å². The number of hydrogen-bond acceptors (Lipinski definition) is 4. The summed E-state index contributed by atoms with van der Waals surface area (Å²) < 4.78 is 0. The lowest BCUT2D eigenvalue weighted by Gasteiger charge is -2.13. The highest BCUT2D eigenvalue weighted by atomic mass is 16.1. The Balaban J connectivity index is 1.46. The number of benzene rings is 3. The Hall–Kier alpha value is -4.25. The van der Waals surface area contributed by atoms with E-state index < -0.39 is 0 Å². The van der Waals surface area contributed by atoms with Gasteiger partial charge in [-0.25, -0.2) is 0 Å². The number of carbonyl (C=O) groups excluding carboxylic acids is 2. The van der Waals surface area contributed by atoms with Gasteiger partial charge in [-0.3, -0.25) is 14.6 Å². The zero-order valence-electron chi connectivity index (χ0n) is 18.4. The van der Waals surface area contributed by atoms with E-state index in [1.165, 1.54) is 6.92 Å². The third-order valence-corrected chi connectivity index (χ3v) is 5.33. The van der Waals surface area contributed by atoms with E-state index in [1.54, 1.807) is 18.3 Å². The van der Waals surface area contributed by atoms with Crippen molar-refractivity contribution >= 4 is 23.1 Å². The van der Waals surface area contributed by atoms with Crippen LogP contribution in [0.25, 0.3) is 11.1 Å². The van der Waals surface area contributed by atoms with E-state index in [-0.39, 0.29) is 11.7 Å². The van der Waals surface area contributed by atoms with E-state index in [1.807, 2.05) is 78.9 Å². The van der Waals surface area contributed by atoms with Gasteiger partial charge in [0.2, 0.25) is 0 Å². The van der Waals surface area contributed by atoms with Crippen LogP contribution in [0.15, 0.2) is 97.2 Å². The second-order valence-electron chi connectivity index (χ2n) is 7.71. The number of nitrogens with zero attached hydrogens (tertiary/aromatic N) is 1. The molecule has 0 aliphatic carbocycles. The number of pyridine rings is 1. The second kappa shape index (κ2) is 10.4. The van der Waals surface area contributed by atoms with Gasteiger partial charge in [0.25, 0.3) is 5.91 Å². The highest BCUT2D eigenvalue weighted by Gasteiger charge is 2.15. The molecule has 1 aromatic heterocycles. The fraction of sp³-hybridized carbons (Fsp3) is 0.107. The molecule has 0 saturated heterocycles. The Bertz CT molecular complexity index is 1240. The van der Waals surface area contributed by atoms with Crippen LogP contribution in [0.2, 0.25) is 0 Å². The van der Waals surface area contributed by atoms with Gasteiger partial charge in [-0.1, -0.05) is 48.5 Å². The summed E-state index contributed by atoms with van der Waals surface area (Å²) in [5.41, 5.74) is 5.36. The Labute approximate surface area is 193 Å². The van der Waals surface area contributed by atoms with E-state index in [0.717, 1.165) is 35.5 Å². The first kappa shape index (κ1) is 22.0. The first-order valence-electron chi connectivity index (χ1n) is 10.9. The molecule has 4 aromatic rings. The smallest absolute Gasteiger partial charge is 0.256 e. The maximum absolute atomic E-state index is 13.2. The zero-order chi connectivity index (χ0) is 23.0. The molecule has 0 unspecified atom stereocenters. The zero-order valence-corrected chi connectivity index (χ0v) is 18.4. The molecule has 5 nitrogen and oxygen atoms in total. The number of aromatic nitrogens is 1. The molecule has 0 fully saturated rings. The van der Waals surface area contributed by atoms with Gasteiger partial charge >= 0.3 is 0 Å². The van der Waals surface area contributed by atoms with E-state index in [4.69, 9.17) is 0 Å². The molecule has 0 aliphatic rings. The first-order valence-corrected chi connectivity index (χ1v) is 10.9. The van der Waals surface area contributed by atoms with Crippen LogP contribution in [0.4, 0.5) is 11.4 Å². The molecule has 0 bridgehead atoms. The summed E-state index contributed by atoms with van der Waals surface area (Å²) in [4.78, 5) is 29.4. The Morgan fingerprint density at radius 1 is 0.818 bits per heavy atom. The molecule has 4 rings (SSSR count). The predicted octanol–water partition coefficient (Wildman–Crippen LogP) is 5.86. The van der Waals surface area contributed by atoms with Crippen molar-refractivity contribution in [2.45, 2.75) is 13.3 Å². The van der Waals surface area contributed by atoms with Crippen LogP contribution in [0.3, 0.4) is 0 Å². The monoisotopic (exact) mass is 435 g/mol. The molecule has 0 saturated carbocycles. The number of ketones is 1. The van der Waals surface area contributed by atoms with E-state index >= 15 is 0 Å². The lowest BCUT2D eigenvalue weighted by Crippen LogP contribution is -2.14. The molecule has 164 valence electrons. The number of hydrogen-bond donors (Lipinski definition) is 2. The third-order valence-electron chi connectivity index (χ3n) is 5.33. The SMILES string of the molecule is CC(=O)c1ccc(-c2ccccc2)c(C(=O)Nc2ccc(NCCc3ccccn3)cc2)c1. The number of anilines is 2. The van der Waals surface area contributed by atoms with Crippen molar-refractivity contribution in [2.75, 3.05) is 17.2 Å². The molecular formula is C28H25N3O2. The normalized spacial score (nSPS) is 10.5. The molecule has 33 heavy (non-hydrogen) atoms. The van der Waals surface area contributed by atoms with Crippen molar-refractivity contribution in [3.8, 4) is 11.1 Å². The average molecular weight is 436 g/mol. The van der Waals surface area contributed by atoms with Crippen molar-refractivity contribution in [1.82, 2.24) is 4.98 Å². The summed E-state index contributed by atoms with van der Waals surface area (Å²) in [5, 5.41) is 6.32. The van der Waals surface area contributed by atoms with Crippen molar-refractivity contribution in [1.29, 1.82) is 0 Å². The van der Waals surface area contributed by atoms with Gasteiger partial charge in [-0.05, 0) is 60.5 Å². The quantitative estimate of drug-likeness (QED) is 0.340. The molecule has 5 heteroatoms. The van der Waals surface area contributed by atoms with Gasteiger partial charge in [0.1, 0.15) is 0 Å². The molecule has 3 aromatic carbocycles. The summed E-state index contributed by atoms with van der Waals surface area (Å²) in [7, 11) is 0. The minimum Gasteiger partial charge on any atom is -0.385 e. The summed E-state index contributed by atoms with van der Waals surface area (Å²) in [6.45, 7) is 2.26. The molecule has 1 amide bonds. The van der Waals surface area contributed by atoms with Crippen molar-refractivity contribution in [3.05, 3.63) is 114 Å². The van der Waals surface area contributed by atoms with Crippen molar-refractivity contribution < 1.29 is 9.59 Å². The van der Waals surface area contributed by atoms with Gasteiger partial charge < -0.3 is 10.6 Å². The number of nitrogens with one attached hydrogen (secondary N) is 2. The highest BCUT2D eigenvalue weighted by Crippen LogP contribution is 2.26. The standard InChI is InChI=1S/C28H25N3O2/c1-20(32)22-10-15-26(21-7-3-2-4-8-21)27(19-22)28(33)31-25-13-11-24(12-14-25)30-18-16-23-9-5-6-17-29-23/h2-15,17,19,30H,16,18H2,1H3,(H,31,33). The summed E-state index contributed by atoms with van der Waals surface area (Å²) >= 11 is 0. The van der Waals surface area contributed by atoms with Crippen LogP contribution in [-0.2, 0) is 6.42 Å². The Morgan fingerprint density at radius 3 is 2.24 bits per heavy atom. The van der Waals surface area contributed by atoms with Gasteiger partial charge in [0, 0.05) is 47.4 Å². The molecule has 0 radical (unpaired) electrons. The predicted molar refractivity (Wildman–Crippen MR) is 133 cm³/mol. The lowest BCUT2D eigenvalue weighted by molar-refractivity contribution is 0.101. The van der Waals surface area contributed by atoms with Crippen LogP contribution in [-0.4, -0.2) is 23.2 Å². The maximum Gasteiger partial charge on any atom is 0.256 e. The summed E-state index contributed by atoms with van der Waals surface area (Å²) in [6.07, 6.45) is 2.62. The van der Waals surface area contributed by atoms with Crippen LogP contribution < -0.4 is 10.6 Å². The molecular weight excluding hydrogens is 410 g/mol. The summed E-state index contributed by atoms with van der Waals surface area (Å²) in [6, 6.07) is 28.4. The lowest BCUT2D eigenvalue weighted by atomic mass is 9.96. The second-order valence-corrected chi connectivity index (χ2v) is 7.71. The maximum atomic E-state index is 13.2. The first-order chi connectivity index (χ1) is 16.1. The minimum absolute atomic E-state index is 0.0789. The van der Waals surface area contributed by atoms with Crippen LogP contribution in [0.1, 0.15) is 33.3 Å². The topological polar surface area (TPSA) is 71.1 Å². The van der Waals surface area contributed by atoms with Crippen LogP contribution in [0, 0.1) is 0 Å². The number of amides is 1. The van der Waals surface area contributed by atoms with E-state index in [2.05, 4.69) is 15.6 Å². The number of carbonyl (C=O) groups is 2. The molecule has 0 atom stereocenters. The fourth-order valence-electron chi connectivity index (χ4n) is 3.57. The Morgan fingerprint density at radius 2 is 1.55 bits per heavy atom. The summed E-state index contributed by atoms with van der Waals surface area (Å²) in [5.74, 6) is -0.336.